The smallest absolute Gasteiger partial charge is 0.213 e. The number of aryl methyl sites for hydroxylation is 1. The third kappa shape index (κ3) is 2.15. The van der Waals surface area contributed by atoms with Gasteiger partial charge in [-0.05, 0) is 18.5 Å². The van der Waals surface area contributed by atoms with Crippen LogP contribution in [0.3, 0.4) is 0 Å². The van der Waals surface area contributed by atoms with Crippen LogP contribution in [0.15, 0.2) is 0 Å². The van der Waals surface area contributed by atoms with Gasteiger partial charge < -0.3 is 0 Å². The summed E-state index contributed by atoms with van der Waals surface area (Å²) in [5, 5.41) is 5.63. The first-order valence-electron chi connectivity index (χ1n) is 2.95. The molecule has 0 fully saturated rings. The van der Waals surface area contributed by atoms with Gasteiger partial charge in [0, 0.05) is 12.2 Å². The van der Waals surface area contributed by atoms with Crippen LogP contribution in [-0.4, -0.2) is 27.2 Å². The van der Waals surface area contributed by atoms with Crippen molar-refractivity contribution < 1.29 is 0 Å². The number of aromatic nitrogens is 3. The topological polar surface area (TPSA) is 44.5 Å². The van der Waals surface area contributed by atoms with Crippen molar-refractivity contribution in [2.45, 2.75) is 6.42 Å². The maximum Gasteiger partial charge on any atom is 0.213 e. The maximum atomic E-state index is 4.78. The lowest BCUT2D eigenvalue weighted by atomic mass is 10.5. The molecule has 0 saturated carbocycles. The van der Waals surface area contributed by atoms with E-state index in [0.29, 0.717) is 4.77 Å². The molecule has 1 heterocycles. The zero-order chi connectivity index (χ0) is 7.40. The van der Waals surface area contributed by atoms with Crippen molar-refractivity contribution >= 4 is 24.0 Å². The molecular formula is C5H9N3S2. The molecule has 1 aromatic heterocycles. The molecule has 3 nitrogen and oxygen atoms in total. The Hall–Kier alpha value is -0.290. The van der Waals surface area contributed by atoms with Gasteiger partial charge in [0.15, 0.2) is 0 Å². The fraction of sp³-hybridized carbons (Fsp3) is 0.600. The summed E-state index contributed by atoms with van der Waals surface area (Å²) in [4.78, 5) is 4.04. The van der Waals surface area contributed by atoms with Crippen LogP contribution in [0, 0.1) is 4.77 Å². The molecule has 10 heavy (non-hydrogen) atoms. The predicted molar refractivity (Wildman–Crippen MR) is 45.9 cm³/mol. The second-order valence-corrected chi connectivity index (χ2v) is 3.23. The Morgan fingerprint density at radius 1 is 1.60 bits per heavy atom. The van der Waals surface area contributed by atoms with Gasteiger partial charge in [-0.15, -0.1) is 0 Å². The molecule has 5 heteroatoms. The summed E-state index contributed by atoms with van der Waals surface area (Å²) in [5.41, 5.74) is 0. The molecule has 56 valence electrons. The lowest BCUT2D eigenvalue weighted by Gasteiger charge is -1.89. The Morgan fingerprint density at radius 3 is 2.90 bits per heavy atom. The Labute approximate surface area is 68.6 Å². The van der Waals surface area contributed by atoms with Gasteiger partial charge in [0.2, 0.25) is 4.77 Å². The summed E-state index contributed by atoms with van der Waals surface area (Å²) < 4.78 is 0.538. The van der Waals surface area contributed by atoms with Crippen LogP contribution < -0.4 is 0 Å². The van der Waals surface area contributed by atoms with Gasteiger partial charge in [0.1, 0.15) is 5.82 Å². The van der Waals surface area contributed by atoms with Crippen LogP contribution in [0.4, 0.5) is 0 Å². The quantitative estimate of drug-likeness (QED) is 0.682. The largest absolute Gasteiger partial charge is 0.286 e. The minimum Gasteiger partial charge on any atom is -0.286 e. The maximum absolute atomic E-state index is 4.78. The van der Waals surface area contributed by atoms with Gasteiger partial charge in [-0.3, -0.25) is 10.2 Å². The highest BCUT2D eigenvalue weighted by atomic mass is 32.2. The van der Waals surface area contributed by atoms with E-state index in [9.17, 15) is 0 Å². The molecule has 0 spiro atoms. The van der Waals surface area contributed by atoms with Crippen molar-refractivity contribution in [1.82, 2.24) is 15.2 Å². The minimum absolute atomic E-state index is 0.538. The summed E-state index contributed by atoms with van der Waals surface area (Å²) >= 11 is 6.58. The summed E-state index contributed by atoms with van der Waals surface area (Å²) in [7, 11) is 0. The van der Waals surface area contributed by atoms with Crippen LogP contribution in [0.1, 0.15) is 5.82 Å². The Bertz CT molecular complexity index is 239. The van der Waals surface area contributed by atoms with E-state index in [0.717, 1.165) is 18.0 Å². The Kier molecular flexibility index (Phi) is 2.95. The number of nitrogens with zero attached hydrogens (tertiary/aromatic N) is 1. The number of thioether (sulfide) groups is 1. The molecular weight excluding hydrogens is 166 g/mol. The third-order valence-electron chi connectivity index (χ3n) is 1.09. The average Bonchev–Trinajstić information content (AvgIpc) is 2.31. The number of nitrogens with one attached hydrogen (secondary N) is 2. The van der Waals surface area contributed by atoms with Crippen LogP contribution in [0.2, 0.25) is 0 Å². The van der Waals surface area contributed by atoms with Crippen molar-refractivity contribution in [1.29, 1.82) is 0 Å². The van der Waals surface area contributed by atoms with E-state index < -0.39 is 0 Å². The molecule has 2 N–H and O–H groups in total. The van der Waals surface area contributed by atoms with Crippen LogP contribution in [0.25, 0.3) is 0 Å². The number of hydrogen-bond donors (Lipinski definition) is 2. The molecule has 0 saturated heterocycles. The fourth-order valence-electron chi connectivity index (χ4n) is 0.621. The predicted octanol–water partition coefficient (Wildman–Crippen LogP) is 1.37. The Balaban J connectivity index is 2.50. The van der Waals surface area contributed by atoms with Gasteiger partial charge in [-0.1, -0.05) is 0 Å². The van der Waals surface area contributed by atoms with Gasteiger partial charge >= 0.3 is 0 Å². The van der Waals surface area contributed by atoms with E-state index in [1.165, 1.54) is 0 Å². The summed E-state index contributed by atoms with van der Waals surface area (Å²) in [6.07, 6.45) is 3.02. The summed E-state index contributed by atoms with van der Waals surface area (Å²) in [6, 6.07) is 0. The minimum atomic E-state index is 0.538. The lowest BCUT2D eigenvalue weighted by molar-refractivity contribution is 0.954. The molecule has 0 aliphatic carbocycles. The van der Waals surface area contributed by atoms with Crippen molar-refractivity contribution in [3.05, 3.63) is 10.6 Å². The van der Waals surface area contributed by atoms with Crippen LogP contribution in [0.5, 0.6) is 0 Å². The molecule has 1 rings (SSSR count). The van der Waals surface area contributed by atoms with E-state index in [-0.39, 0.29) is 0 Å². The second kappa shape index (κ2) is 3.78. The monoisotopic (exact) mass is 175 g/mol. The van der Waals surface area contributed by atoms with Crippen molar-refractivity contribution in [2.75, 3.05) is 12.0 Å². The number of H-pyrrole nitrogens is 2. The van der Waals surface area contributed by atoms with E-state index in [1.807, 2.05) is 0 Å². The zero-order valence-electron chi connectivity index (χ0n) is 5.68. The number of hydrogen-bond acceptors (Lipinski definition) is 3. The SMILES string of the molecule is CSCCc1nc(=S)[nH][nH]1. The van der Waals surface area contributed by atoms with Crippen LogP contribution >= 0.6 is 24.0 Å². The highest BCUT2D eigenvalue weighted by Crippen LogP contribution is 1.97. The van der Waals surface area contributed by atoms with Crippen LogP contribution in [-0.2, 0) is 6.42 Å². The molecule has 0 atom stereocenters. The number of aromatic amines is 2. The van der Waals surface area contributed by atoms with Gasteiger partial charge in [-0.2, -0.15) is 11.8 Å². The number of rotatable bonds is 3. The zero-order valence-corrected chi connectivity index (χ0v) is 7.31. The van der Waals surface area contributed by atoms with Gasteiger partial charge in [-0.25, -0.2) is 4.98 Å². The van der Waals surface area contributed by atoms with E-state index in [1.54, 1.807) is 11.8 Å². The lowest BCUT2D eigenvalue weighted by Crippen LogP contribution is -1.89. The first kappa shape index (κ1) is 7.81. The van der Waals surface area contributed by atoms with Gasteiger partial charge in [0.25, 0.3) is 0 Å². The molecule has 0 amide bonds. The summed E-state index contributed by atoms with van der Waals surface area (Å²) in [6.45, 7) is 0. The van der Waals surface area contributed by atoms with Crippen molar-refractivity contribution in [2.24, 2.45) is 0 Å². The average molecular weight is 175 g/mol. The van der Waals surface area contributed by atoms with E-state index in [4.69, 9.17) is 12.2 Å². The molecule has 0 aliphatic heterocycles. The first-order valence-corrected chi connectivity index (χ1v) is 4.75. The van der Waals surface area contributed by atoms with Crippen molar-refractivity contribution in [3.63, 3.8) is 0 Å². The highest BCUT2D eigenvalue weighted by molar-refractivity contribution is 7.98. The first-order chi connectivity index (χ1) is 4.83. The molecule has 0 bridgehead atoms. The molecule has 0 unspecified atom stereocenters. The van der Waals surface area contributed by atoms with E-state index >= 15 is 0 Å². The van der Waals surface area contributed by atoms with Crippen molar-refractivity contribution in [3.8, 4) is 0 Å². The molecule has 0 radical (unpaired) electrons. The Morgan fingerprint density at radius 2 is 2.40 bits per heavy atom. The van der Waals surface area contributed by atoms with E-state index in [2.05, 4.69) is 21.4 Å². The normalized spacial score (nSPS) is 10.1. The van der Waals surface area contributed by atoms with Gasteiger partial charge in [0.05, 0.1) is 0 Å². The third-order valence-corrected chi connectivity index (χ3v) is 1.90. The fourth-order valence-corrected chi connectivity index (χ4v) is 1.18. The molecule has 0 aromatic carbocycles. The second-order valence-electron chi connectivity index (χ2n) is 1.86. The summed E-state index contributed by atoms with van der Waals surface area (Å²) in [5.74, 6) is 2.02. The molecule has 1 aromatic rings. The highest BCUT2D eigenvalue weighted by Gasteiger charge is 1.93. The standard InChI is InChI=1S/C5H9N3S2/c1-10-3-2-4-6-5(9)8-7-4/h2-3H2,1H3,(H2,6,7,8,9). The molecule has 0 aliphatic rings.